The normalized spacial score (nSPS) is 9.64. The predicted octanol–water partition coefficient (Wildman–Crippen LogP) is 5.00. The summed E-state index contributed by atoms with van der Waals surface area (Å²) < 4.78 is 4.86. The molecule has 0 atom stereocenters. The zero-order valence-electron chi connectivity index (χ0n) is 13.4. The largest absolute Gasteiger partial charge is 0.466 e. The molecule has 0 N–H and O–H groups in total. The lowest BCUT2D eigenvalue weighted by Gasteiger charge is -2.05. The number of hydrogen-bond donors (Lipinski definition) is 0. The highest BCUT2D eigenvalue weighted by atomic mass is 35.5. The molecule has 22 heavy (non-hydrogen) atoms. The average Bonchev–Trinajstić information content (AvgIpc) is 2.52. The number of esters is 1. The summed E-state index contributed by atoms with van der Waals surface area (Å²) in [5, 5.41) is 0.648. The number of halogens is 1. The van der Waals surface area contributed by atoms with Gasteiger partial charge in [0.05, 0.1) is 13.0 Å². The van der Waals surface area contributed by atoms with Gasteiger partial charge in [0, 0.05) is 5.02 Å². The minimum atomic E-state index is -0.210. The third kappa shape index (κ3) is 6.77. The first-order valence-electron chi connectivity index (χ1n) is 7.51. The molecule has 118 valence electrons. The minimum Gasteiger partial charge on any atom is -0.466 e. The van der Waals surface area contributed by atoms with Crippen LogP contribution < -0.4 is 0 Å². The van der Waals surface area contributed by atoms with Gasteiger partial charge in [0.25, 0.3) is 0 Å². The molecule has 0 aromatic heterocycles. The summed E-state index contributed by atoms with van der Waals surface area (Å²) in [5.41, 5.74) is 3.39. The fraction of sp³-hybridized carbons (Fsp3) is 0.316. The second kappa shape index (κ2) is 10.0. The lowest BCUT2D eigenvalue weighted by atomic mass is 10.1. The number of benzene rings is 2. The van der Waals surface area contributed by atoms with E-state index in [1.54, 1.807) is 13.0 Å². The SMILES string of the molecule is CCOC(=O)Cc1cc(Cl)ccc1C.CCc1ccccc1. The van der Waals surface area contributed by atoms with Gasteiger partial charge in [0.2, 0.25) is 0 Å². The molecule has 3 heteroatoms. The summed E-state index contributed by atoms with van der Waals surface area (Å²) in [4.78, 5) is 11.2. The van der Waals surface area contributed by atoms with Crippen molar-refractivity contribution in [3.63, 3.8) is 0 Å². The summed E-state index contributed by atoms with van der Waals surface area (Å²) in [6.07, 6.45) is 1.43. The van der Waals surface area contributed by atoms with Gasteiger partial charge in [0.15, 0.2) is 0 Å². The van der Waals surface area contributed by atoms with E-state index in [4.69, 9.17) is 16.3 Å². The summed E-state index contributed by atoms with van der Waals surface area (Å²) in [6, 6.07) is 16.0. The van der Waals surface area contributed by atoms with Crippen LogP contribution >= 0.6 is 11.6 Å². The van der Waals surface area contributed by atoms with Crippen LogP contribution in [0.5, 0.6) is 0 Å². The topological polar surface area (TPSA) is 26.3 Å². The van der Waals surface area contributed by atoms with E-state index in [1.165, 1.54) is 5.56 Å². The van der Waals surface area contributed by atoms with Gasteiger partial charge in [-0.25, -0.2) is 0 Å². The Bertz CT molecular complexity index is 579. The van der Waals surface area contributed by atoms with Crippen LogP contribution in [0.15, 0.2) is 48.5 Å². The lowest BCUT2D eigenvalue weighted by molar-refractivity contribution is -0.142. The van der Waals surface area contributed by atoms with E-state index in [0.29, 0.717) is 18.1 Å². The number of hydrogen-bond acceptors (Lipinski definition) is 2. The molecule has 2 aromatic rings. The van der Waals surface area contributed by atoms with Gasteiger partial charge < -0.3 is 4.74 Å². The van der Waals surface area contributed by atoms with E-state index < -0.39 is 0 Å². The summed E-state index contributed by atoms with van der Waals surface area (Å²) in [5.74, 6) is -0.210. The maximum atomic E-state index is 11.2. The van der Waals surface area contributed by atoms with Crippen molar-refractivity contribution in [2.75, 3.05) is 6.61 Å². The quantitative estimate of drug-likeness (QED) is 0.741. The van der Waals surface area contributed by atoms with Crippen molar-refractivity contribution in [3.05, 3.63) is 70.2 Å². The molecule has 0 bridgehead atoms. The van der Waals surface area contributed by atoms with Gasteiger partial charge in [-0.1, -0.05) is 54.9 Å². The Morgan fingerprint density at radius 1 is 1.09 bits per heavy atom. The molecule has 2 rings (SSSR count). The fourth-order valence-corrected chi connectivity index (χ4v) is 2.11. The van der Waals surface area contributed by atoms with Crippen LogP contribution in [0.4, 0.5) is 0 Å². The molecular formula is C19H23ClO2. The lowest BCUT2D eigenvalue weighted by Crippen LogP contribution is -2.08. The molecule has 0 heterocycles. The molecule has 0 aliphatic carbocycles. The molecule has 0 radical (unpaired) electrons. The maximum absolute atomic E-state index is 11.2. The third-order valence-electron chi connectivity index (χ3n) is 3.20. The highest BCUT2D eigenvalue weighted by Gasteiger charge is 2.06. The molecule has 0 unspecified atom stereocenters. The first-order valence-corrected chi connectivity index (χ1v) is 7.89. The Hall–Kier alpha value is -1.80. The first-order chi connectivity index (χ1) is 10.6. The highest BCUT2D eigenvalue weighted by Crippen LogP contribution is 2.16. The standard InChI is InChI=1S/C11H13ClO2.C8H10/c1-3-14-11(13)7-9-6-10(12)5-4-8(9)2;1-2-8-6-4-3-5-7-8/h4-6H,3,7H2,1-2H3;3-7H,2H2,1H3. The van der Waals surface area contributed by atoms with Gasteiger partial charge in [-0.15, -0.1) is 0 Å². The van der Waals surface area contributed by atoms with Crippen LogP contribution in [-0.2, 0) is 22.4 Å². The summed E-state index contributed by atoms with van der Waals surface area (Å²) in [7, 11) is 0. The van der Waals surface area contributed by atoms with Crippen molar-refractivity contribution in [1.29, 1.82) is 0 Å². The van der Waals surface area contributed by atoms with Gasteiger partial charge in [-0.2, -0.15) is 0 Å². The van der Waals surface area contributed by atoms with Crippen LogP contribution in [-0.4, -0.2) is 12.6 Å². The molecule has 0 aliphatic rings. The number of ether oxygens (including phenoxy) is 1. The van der Waals surface area contributed by atoms with Crippen LogP contribution in [0.1, 0.15) is 30.5 Å². The zero-order valence-corrected chi connectivity index (χ0v) is 14.2. The summed E-state index contributed by atoms with van der Waals surface area (Å²) >= 11 is 5.83. The molecule has 2 nitrogen and oxygen atoms in total. The smallest absolute Gasteiger partial charge is 0.310 e. The van der Waals surface area contributed by atoms with E-state index in [-0.39, 0.29) is 5.97 Å². The van der Waals surface area contributed by atoms with E-state index in [2.05, 4.69) is 31.2 Å². The number of carbonyl (C=O) groups is 1. The van der Waals surface area contributed by atoms with Crippen molar-refractivity contribution < 1.29 is 9.53 Å². The molecule has 0 saturated heterocycles. The average molecular weight is 319 g/mol. The van der Waals surface area contributed by atoms with Crippen molar-refractivity contribution >= 4 is 17.6 Å². The van der Waals surface area contributed by atoms with Crippen LogP contribution in [0, 0.1) is 6.92 Å². The van der Waals surface area contributed by atoms with E-state index in [0.717, 1.165) is 17.5 Å². The van der Waals surface area contributed by atoms with E-state index in [1.807, 2.05) is 25.1 Å². The maximum Gasteiger partial charge on any atom is 0.310 e. The Balaban J connectivity index is 0.000000255. The second-order valence-electron chi connectivity index (χ2n) is 4.89. The Morgan fingerprint density at radius 2 is 1.77 bits per heavy atom. The van der Waals surface area contributed by atoms with Crippen molar-refractivity contribution in [2.45, 2.75) is 33.6 Å². The minimum absolute atomic E-state index is 0.210. The molecule has 0 spiro atoms. The highest BCUT2D eigenvalue weighted by molar-refractivity contribution is 6.30. The fourth-order valence-electron chi connectivity index (χ4n) is 1.91. The Kier molecular flexibility index (Phi) is 8.31. The molecule has 0 aliphatic heterocycles. The first kappa shape index (κ1) is 18.2. The predicted molar refractivity (Wildman–Crippen MR) is 92.3 cm³/mol. The zero-order chi connectivity index (χ0) is 16.4. The van der Waals surface area contributed by atoms with Crippen molar-refractivity contribution in [2.24, 2.45) is 0 Å². The molecular weight excluding hydrogens is 296 g/mol. The van der Waals surface area contributed by atoms with Gasteiger partial charge in [-0.3, -0.25) is 4.79 Å². The molecule has 0 amide bonds. The molecule has 2 aromatic carbocycles. The van der Waals surface area contributed by atoms with Crippen LogP contribution in [0.25, 0.3) is 0 Å². The molecule has 0 fully saturated rings. The second-order valence-corrected chi connectivity index (χ2v) is 5.33. The summed E-state index contributed by atoms with van der Waals surface area (Å²) in [6.45, 7) is 6.32. The third-order valence-corrected chi connectivity index (χ3v) is 3.44. The Labute approximate surface area is 138 Å². The monoisotopic (exact) mass is 318 g/mol. The number of carbonyl (C=O) groups excluding carboxylic acids is 1. The van der Waals surface area contributed by atoms with Gasteiger partial charge in [0.1, 0.15) is 0 Å². The van der Waals surface area contributed by atoms with E-state index >= 15 is 0 Å². The Morgan fingerprint density at radius 3 is 2.32 bits per heavy atom. The van der Waals surface area contributed by atoms with Gasteiger partial charge >= 0.3 is 5.97 Å². The number of rotatable bonds is 4. The van der Waals surface area contributed by atoms with Crippen molar-refractivity contribution in [3.8, 4) is 0 Å². The van der Waals surface area contributed by atoms with Crippen LogP contribution in [0.2, 0.25) is 5.02 Å². The van der Waals surface area contributed by atoms with Crippen molar-refractivity contribution in [1.82, 2.24) is 0 Å². The van der Waals surface area contributed by atoms with Crippen LogP contribution in [0.3, 0.4) is 0 Å². The van der Waals surface area contributed by atoms with E-state index in [9.17, 15) is 4.79 Å². The van der Waals surface area contributed by atoms with Gasteiger partial charge in [-0.05, 0) is 49.1 Å². The molecule has 0 saturated carbocycles. The number of aryl methyl sites for hydroxylation is 2.